The van der Waals surface area contributed by atoms with Crippen LogP contribution < -0.4 is 15.8 Å². The number of aryl methyl sites for hydroxylation is 1. The number of benzene rings is 1. The topological polar surface area (TPSA) is 101 Å². The monoisotopic (exact) mass is 283 g/mol. The van der Waals surface area contributed by atoms with Gasteiger partial charge in [-0.1, -0.05) is 0 Å². The fourth-order valence-electron chi connectivity index (χ4n) is 1.94. The predicted molar refractivity (Wildman–Crippen MR) is 71.9 cm³/mol. The minimum atomic E-state index is -3.56. The molecule has 1 atom stereocenters. The van der Waals surface area contributed by atoms with Gasteiger partial charge in [-0.3, -0.25) is 4.79 Å². The zero-order chi connectivity index (χ0) is 14.0. The Morgan fingerprint density at radius 1 is 1.47 bits per heavy atom. The van der Waals surface area contributed by atoms with Crippen molar-refractivity contribution in [3.63, 3.8) is 0 Å². The molecule has 0 saturated carbocycles. The van der Waals surface area contributed by atoms with Crippen LogP contribution in [0.1, 0.15) is 18.4 Å². The van der Waals surface area contributed by atoms with E-state index in [0.29, 0.717) is 18.5 Å². The summed E-state index contributed by atoms with van der Waals surface area (Å²) >= 11 is 0. The number of nitrogens with one attached hydrogen (secondary N) is 2. The van der Waals surface area contributed by atoms with Crippen LogP contribution in [0, 0.1) is 6.92 Å². The minimum absolute atomic E-state index is 0.0347. The van der Waals surface area contributed by atoms with Gasteiger partial charge in [-0.25, -0.2) is 13.1 Å². The second-order valence-electron chi connectivity index (χ2n) is 4.67. The van der Waals surface area contributed by atoms with E-state index in [2.05, 4.69) is 10.0 Å². The van der Waals surface area contributed by atoms with Gasteiger partial charge in [-0.05, 0) is 37.1 Å². The van der Waals surface area contributed by atoms with E-state index in [1.54, 1.807) is 13.0 Å². The van der Waals surface area contributed by atoms with Crippen LogP contribution in [0.25, 0.3) is 0 Å². The summed E-state index contributed by atoms with van der Waals surface area (Å²) < 4.78 is 26.6. The molecule has 0 radical (unpaired) electrons. The number of carbonyl (C=O) groups excluding carboxylic acids is 1. The summed E-state index contributed by atoms with van der Waals surface area (Å²) in [5, 5.41) is 2.71. The number of anilines is 1. The number of sulfonamides is 1. The van der Waals surface area contributed by atoms with Crippen molar-refractivity contribution in [2.75, 3.05) is 12.3 Å². The van der Waals surface area contributed by atoms with Crippen molar-refractivity contribution in [2.24, 2.45) is 0 Å². The zero-order valence-electron chi connectivity index (χ0n) is 10.6. The number of hydrogen-bond acceptors (Lipinski definition) is 4. The van der Waals surface area contributed by atoms with Gasteiger partial charge in [-0.2, -0.15) is 0 Å². The van der Waals surface area contributed by atoms with Gasteiger partial charge in [0.25, 0.3) is 0 Å². The Morgan fingerprint density at radius 3 is 2.79 bits per heavy atom. The number of carbonyl (C=O) groups is 1. The summed E-state index contributed by atoms with van der Waals surface area (Å²) in [7, 11) is -3.56. The van der Waals surface area contributed by atoms with Crippen LogP contribution in [0.2, 0.25) is 0 Å². The van der Waals surface area contributed by atoms with E-state index in [1.807, 2.05) is 0 Å². The molecule has 0 bridgehead atoms. The first kappa shape index (κ1) is 13.8. The lowest BCUT2D eigenvalue weighted by Crippen LogP contribution is -2.38. The van der Waals surface area contributed by atoms with Crippen LogP contribution in [-0.4, -0.2) is 26.9 Å². The highest BCUT2D eigenvalue weighted by Gasteiger charge is 2.23. The Kier molecular flexibility index (Phi) is 3.77. The van der Waals surface area contributed by atoms with Gasteiger partial charge in [0.15, 0.2) is 0 Å². The van der Waals surface area contributed by atoms with Crippen molar-refractivity contribution in [1.82, 2.24) is 10.0 Å². The van der Waals surface area contributed by atoms with Gasteiger partial charge in [0, 0.05) is 24.7 Å². The van der Waals surface area contributed by atoms with Gasteiger partial charge >= 0.3 is 0 Å². The average Bonchev–Trinajstić information content (AvgIpc) is 2.76. The van der Waals surface area contributed by atoms with E-state index in [4.69, 9.17) is 5.73 Å². The van der Waals surface area contributed by atoms with E-state index in [1.165, 1.54) is 12.1 Å². The summed E-state index contributed by atoms with van der Waals surface area (Å²) in [5.74, 6) is -0.0347. The van der Waals surface area contributed by atoms with E-state index in [0.717, 1.165) is 5.56 Å². The standard InChI is InChI=1S/C12H17N3O3S/c1-8-6-10(3-4-11(8)13)19(17,18)14-7-9-2-5-12(16)15-9/h3-4,6,9,14H,2,5,7,13H2,1H3,(H,15,16). The molecular formula is C12H17N3O3S. The van der Waals surface area contributed by atoms with Crippen LogP contribution in [0.4, 0.5) is 5.69 Å². The third-order valence-corrected chi connectivity index (χ3v) is 4.58. The third kappa shape index (κ3) is 3.24. The Bertz CT molecular complexity index is 598. The van der Waals surface area contributed by atoms with Gasteiger partial charge in [0.1, 0.15) is 0 Å². The maximum Gasteiger partial charge on any atom is 0.240 e. The molecule has 6 nitrogen and oxygen atoms in total. The normalized spacial score (nSPS) is 19.4. The first-order chi connectivity index (χ1) is 8.88. The molecule has 1 aromatic rings. The van der Waals surface area contributed by atoms with Crippen LogP contribution in [-0.2, 0) is 14.8 Å². The maximum absolute atomic E-state index is 12.1. The van der Waals surface area contributed by atoms with Gasteiger partial charge in [-0.15, -0.1) is 0 Å². The van der Waals surface area contributed by atoms with E-state index < -0.39 is 10.0 Å². The fraction of sp³-hybridized carbons (Fsp3) is 0.417. The number of hydrogen-bond donors (Lipinski definition) is 3. The highest BCUT2D eigenvalue weighted by atomic mass is 32.2. The Labute approximate surface area is 112 Å². The Balaban J connectivity index is 2.05. The van der Waals surface area contributed by atoms with Crippen molar-refractivity contribution >= 4 is 21.6 Å². The van der Waals surface area contributed by atoms with Crippen molar-refractivity contribution in [3.8, 4) is 0 Å². The molecule has 0 aromatic heterocycles. The molecule has 0 aliphatic carbocycles. The van der Waals surface area contributed by atoms with E-state index in [-0.39, 0.29) is 23.4 Å². The Hall–Kier alpha value is -1.60. The summed E-state index contributed by atoms with van der Waals surface area (Å²) in [6.45, 7) is 1.96. The van der Waals surface area contributed by atoms with Crippen LogP contribution in [0.3, 0.4) is 0 Å². The van der Waals surface area contributed by atoms with Crippen LogP contribution in [0.5, 0.6) is 0 Å². The molecule has 0 spiro atoms. The molecule has 1 amide bonds. The van der Waals surface area contributed by atoms with E-state index in [9.17, 15) is 13.2 Å². The largest absolute Gasteiger partial charge is 0.399 e. The third-order valence-electron chi connectivity index (χ3n) is 3.16. The second kappa shape index (κ2) is 5.18. The molecule has 4 N–H and O–H groups in total. The van der Waals surface area contributed by atoms with Crippen LogP contribution in [0.15, 0.2) is 23.1 Å². The van der Waals surface area contributed by atoms with E-state index >= 15 is 0 Å². The quantitative estimate of drug-likeness (QED) is 0.684. The predicted octanol–water partition coefficient (Wildman–Crippen LogP) is 0.134. The summed E-state index contributed by atoms with van der Waals surface area (Å²) in [6, 6.07) is 4.45. The highest BCUT2D eigenvalue weighted by Crippen LogP contribution is 2.17. The number of rotatable bonds is 4. The first-order valence-electron chi connectivity index (χ1n) is 6.03. The lowest BCUT2D eigenvalue weighted by atomic mass is 10.2. The highest BCUT2D eigenvalue weighted by molar-refractivity contribution is 7.89. The van der Waals surface area contributed by atoms with Gasteiger partial charge < -0.3 is 11.1 Å². The van der Waals surface area contributed by atoms with Gasteiger partial charge in [0.2, 0.25) is 15.9 Å². The van der Waals surface area contributed by atoms with Gasteiger partial charge in [0.05, 0.1) is 4.90 Å². The average molecular weight is 283 g/mol. The van der Waals surface area contributed by atoms with Crippen molar-refractivity contribution in [3.05, 3.63) is 23.8 Å². The number of nitrogens with two attached hydrogens (primary N) is 1. The molecular weight excluding hydrogens is 266 g/mol. The molecule has 7 heteroatoms. The summed E-state index contributed by atoms with van der Waals surface area (Å²) in [6.07, 6.45) is 1.11. The molecule has 1 saturated heterocycles. The molecule has 1 aromatic carbocycles. The molecule has 1 heterocycles. The summed E-state index contributed by atoms with van der Waals surface area (Å²) in [5.41, 5.74) is 6.93. The van der Waals surface area contributed by atoms with Crippen molar-refractivity contribution in [1.29, 1.82) is 0 Å². The molecule has 2 rings (SSSR count). The number of nitrogen functional groups attached to an aromatic ring is 1. The molecule has 104 valence electrons. The fourth-order valence-corrected chi connectivity index (χ4v) is 3.11. The summed E-state index contributed by atoms with van der Waals surface area (Å²) in [4.78, 5) is 11.2. The maximum atomic E-state index is 12.1. The molecule has 1 fully saturated rings. The SMILES string of the molecule is Cc1cc(S(=O)(=O)NCC2CCC(=O)N2)ccc1N. The van der Waals surface area contributed by atoms with Crippen LogP contribution >= 0.6 is 0 Å². The Morgan fingerprint density at radius 2 is 2.21 bits per heavy atom. The molecule has 19 heavy (non-hydrogen) atoms. The van der Waals surface area contributed by atoms with Crippen molar-refractivity contribution in [2.45, 2.75) is 30.7 Å². The molecule has 1 unspecified atom stereocenters. The van der Waals surface area contributed by atoms with Crippen molar-refractivity contribution < 1.29 is 13.2 Å². The minimum Gasteiger partial charge on any atom is -0.399 e. The molecule has 1 aliphatic rings. The smallest absolute Gasteiger partial charge is 0.240 e. The zero-order valence-corrected chi connectivity index (χ0v) is 11.5. The number of amides is 1. The first-order valence-corrected chi connectivity index (χ1v) is 7.52. The molecule has 1 aliphatic heterocycles. The second-order valence-corrected chi connectivity index (χ2v) is 6.44. The lowest BCUT2D eigenvalue weighted by Gasteiger charge is -2.12. The lowest BCUT2D eigenvalue weighted by molar-refractivity contribution is -0.119.